The summed E-state index contributed by atoms with van der Waals surface area (Å²) in [6.45, 7) is 0.596. The molecule has 2 rings (SSSR count). The van der Waals surface area contributed by atoms with Crippen molar-refractivity contribution in [1.29, 1.82) is 0 Å². The van der Waals surface area contributed by atoms with Crippen molar-refractivity contribution >= 4 is 18.4 Å². The van der Waals surface area contributed by atoms with E-state index in [0.717, 1.165) is 5.69 Å². The molecule has 4 heteroatoms. The zero-order valence-electron chi connectivity index (χ0n) is 7.09. The normalized spacial score (nSPS) is 14.6. The van der Waals surface area contributed by atoms with E-state index in [-0.39, 0.29) is 0 Å². The van der Waals surface area contributed by atoms with E-state index >= 15 is 0 Å². The summed E-state index contributed by atoms with van der Waals surface area (Å²) in [6, 6.07) is 9.92. The fourth-order valence-electron chi connectivity index (χ4n) is 1.06. The molecule has 0 bridgehead atoms. The summed E-state index contributed by atoms with van der Waals surface area (Å²) in [6.07, 6.45) is 3.25. The third-order valence-corrected chi connectivity index (χ3v) is 1.63. The summed E-state index contributed by atoms with van der Waals surface area (Å²) in [5, 5.41) is 1.81. The number of nitrogens with one attached hydrogen (secondary N) is 1. The molecular weight excluding hydrogens is 164 g/mol. The third kappa shape index (κ3) is 2.05. The summed E-state index contributed by atoms with van der Waals surface area (Å²) in [5.41, 5.74) is 4.18. The fraction of sp³-hybridized carbons (Fsp3) is 0.111. The number of hydrogen-bond acceptors (Lipinski definition) is 4. The Kier molecular flexibility index (Phi) is 2.22. The van der Waals surface area contributed by atoms with Crippen LogP contribution in [0.25, 0.3) is 0 Å². The van der Waals surface area contributed by atoms with Crippen LogP contribution in [0.5, 0.6) is 0 Å². The van der Waals surface area contributed by atoms with Crippen LogP contribution in [-0.2, 0) is 0 Å². The molecular formula is C9H10N4. The average Bonchev–Trinajstić information content (AvgIpc) is 2.21. The molecule has 0 aliphatic carbocycles. The number of benzene rings is 1. The van der Waals surface area contributed by atoms with Crippen LogP contribution in [0, 0.1) is 0 Å². The minimum Gasteiger partial charge on any atom is -0.296 e. The molecule has 1 aliphatic heterocycles. The van der Waals surface area contributed by atoms with Gasteiger partial charge in [0, 0.05) is 0 Å². The molecule has 13 heavy (non-hydrogen) atoms. The molecule has 0 atom stereocenters. The summed E-state index contributed by atoms with van der Waals surface area (Å²) in [5.74, 6) is 0. The van der Waals surface area contributed by atoms with Crippen LogP contribution in [-0.4, -0.2) is 24.4 Å². The largest absolute Gasteiger partial charge is 0.296 e. The first-order valence-electron chi connectivity index (χ1n) is 4.05. The highest BCUT2D eigenvalue weighted by atomic mass is 15.5. The number of hydrazine groups is 1. The van der Waals surface area contributed by atoms with Gasteiger partial charge in [0.15, 0.2) is 0 Å². The molecule has 1 heterocycles. The molecule has 1 aromatic rings. The SMILES string of the molecule is C1=NC=NCN1Nc1ccccc1. The number of aliphatic imine (C=N–C) groups is 2. The maximum atomic E-state index is 4.00. The molecule has 0 aromatic heterocycles. The Morgan fingerprint density at radius 3 is 2.77 bits per heavy atom. The molecule has 1 aliphatic rings. The van der Waals surface area contributed by atoms with Crippen molar-refractivity contribution in [3.05, 3.63) is 30.3 Å². The van der Waals surface area contributed by atoms with E-state index in [1.54, 1.807) is 12.7 Å². The van der Waals surface area contributed by atoms with Gasteiger partial charge < -0.3 is 0 Å². The van der Waals surface area contributed by atoms with Crippen LogP contribution in [0.1, 0.15) is 0 Å². The third-order valence-electron chi connectivity index (χ3n) is 1.63. The van der Waals surface area contributed by atoms with Gasteiger partial charge in [0.25, 0.3) is 0 Å². The summed E-state index contributed by atoms with van der Waals surface area (Å²) >= 11 is 0. The molecule has 0 spiro atoms. The predicted octanol–water partition coefficient (Wildman–Crippen LogP) is 1.34. The molecule has 1 aromatic carbocycles. The van der Waals surface area contributed by atoms with E-state index in [9.17, 15) is 0 Å². The van der Waals surface area contributed by atoms with Gasteiger partial charge >= 0.3 is 0 Å². The van der Waals surface area contributed by atoms with Crippen molar-refractivity contribution in [2.24, 2.45) is 9.98 Å². The van der Waals surface area contributed by atoms with E-state index in [4.69, 9.17) is 0 Å². The summed E-state index contributed by atoms with van der Waals surface area (Å²) in [4.78, 5) is 7.90. The number of anilines is 1. The molecule has 4 nitrogen and oxygen atoms in total. The lowest BCUT2D eigenvalue weighted by Gasteiger charge is -2.20. The quantitative estimate of drug-likeness (QED) is 0.735. The second-order valence-electron chi connectivity index (χ2n) is 2.65. The number of para-hydroxylation sites is 1. The molecule has 1 N–H and O–H groups in total. The van der Waals surface area contributed by atoms with E-state index in [0.29, 0.717) is 6.67 Å². The van der Waals surface area contributed by atoms with Gasteiger partial charge in [-0.25, -0.2) is 4.99 Å². The van der Waals surface area contributed by atoms with Crippen LogP contribution in [0.2, 0.25) is 0 Å². The van der Waals surface area contributed by atoms with Crippen molar-refractivity contribution in [2.75, 3.05) is 12.1 Å². The maximum absolute atomic E-state index is 4.00. The molecule has 0 saturated heterocycles. The van der Waals surface area contributed by atoms with Gasteiger partial charge in [0.05, 0.1) is 5.69 Å². The lowest BCUT2D eigenvalue weighted by molar-refractivity contribution is 0.524. The minimum absolute atomic E-state index is 0.596. The summed E-state index contributed by atoms with van der Waals surface area (Å²) in [7, 11) is 0. The van der Waals surface area contributed by atoms with Gasteiger partial charge in [-0.05, 0) is 12.1 Å². The van der Waals surface area contributed by atoms with Crippen molar-refractivity contribution in [3.8, 4) is 0 Å². The van der Waals surface area contributed by atoms with Crippen LogP contribution in [0.3, 0.4) is 0 Å². The monoisotopic (exact) mass is 174 g/mol. The Morgan fingerprint density at radius 2 is 2.08 bits per heavy atom. The molecule has 0 fully saturated rings. The van der Waals surface area contributed by atoms with Crippen LogP contribution in [0.4, 0.5) is 5.69 Å². The van der Waals surface area contributed by atoms with E-state index in [2.05, 4.69) is 15.4 Å². The van der Waals surface area contributed by atoms with E-state index < -0.39 is 0 Å². The van der Waals surface area contributed by atoms with Crippen LogP contribution >= 0.6 is 0 Å². The minimum atomic E-state index is 0.596. The van der Waals surface area contributed by atoms with Gasteiger partial charge in [0.2, 0.25) is 0 Å². The Morgan fingerprint density at radius 1 is 1.23 bits per heavy atom. The molecule has 66 valence electrons. The predicted molar refractivity (Wildman–Crippen MR) is 53.8 cm³/mol. The highest BCUT2D eigenvalue weighted by molar-refractivity contribution is 5.73. The second-order valence-corrected chi connectivity index (χ2v) is 2.65. The molecule has 0 radical (unpaired) electrons. The first-order valence-corrected chi connectivity index (χ1v) is 4.05. The van der Waals surface area contributed by atoms with Crippen molar-refractivity contribution < 1.29 is 0 Å². The first-order chi connectivity index (χ1) is 6.45. The van der Waals surface area contributed by atoms with E-state index in [1.807, 2.05) is 35.3 Å². The zero-order valence-corrected chi connectivity index (χ0v) is 7.09. The second kappa shape index (κ2) is 3.71. The highest BCUT2D eigenvalue weighted by Gasteiger charge is 1.99. The Bertz CT molecular complexity index is 318. The molecule has 0 saturated carbocycles. The standard InChI is InChI=1S/C9H10N4/c1-2-4-9(5-3-1)12-13-7-10-6-11-8-13/h1-7,12H,8H2. The Hall–Kier alpha value is -1.84. The van der Waals surface area contributed by atoms with Crippen molar-refractivity contribution in [1.82, 2.24) is 5.01 Å². The van der Waals surface area contributed by atoms with Crippen LogP contribution in [0.15, 0.2) is 40.3 Å². The average molecular weight is 174 g/mol. The Balaban J connectivity index is 1.99. The van der Waals surface area contributed by atoms with Gasteiger partial charge in [-0.1, -0.05) is 18.2 Å². The van der Waals surface area contributed by atoms with Crippen molar-refractivity contribution in [2.45, 2.75) is 0 Å². The smallest absolute Gasteiger partial charge is 0.132 e. The first kappa shape index (κ1) is 7.79. The number of hydrogen-bond donors (Lipinski definition) is 1. The van der Waals surface area contributed by atoms with Gasteiger partial charge in [-0.3, -0.25) is 15.4 Å². The van der Waals surface area contributed by atoms with Gasteiger partial charge in [0.1, 0.15) is 19.3 Å². The lowest BCUT2D eigenvalue weighted by Crippen LogP contribution is -2.30. The summed E-state index contributed by atoms with van der Waals surface area (Å²) < 4.78 is 0. The van der Waals surface area contributed by atoms with Gasteiger partial charge in [-0.2, -0.15) is 0 Å². The van der Waals surface area contributed by atoms with E-state index in [1.165, 1.54) is 0 Å². The Labute approximate surface area is 76.6 Å². The lowest BCUT2D eigenvalue weighted by atomic mass is 10.3. The highest BCUT2D eigenvalue weighted by Crippen LogP contribution is 2.06. The van der Waals surface area contributed by atoms with Crippen molar-refractivity contribution in [3.63, 3.8) is 0 Å². The molecule has 0 amide bonds. The number of rotatable bonds is 2. The molecule has 0 unspecified atom stereocenters. The van der Waals surface area contributed by atoms with Gasteiger partial charge in [-0.15, -0.1) is 0 Å². The maximum Gasteiger partial charge on any atom is 0.132 e. The van der Waals surface area contributed by atoms with Crippen LogP contribution < -0.4 is 5.43 Å². The topological polar surface area (TPSA) is 40.0 Å². The zero-order chi connectivity index (χ0) is 8.93. The fourth-order valence-corrected chi connectivity index (χ4v) is 1.06. The number of nitrogens with zero attached hydrogens (tertiary/aromatic N) is 3.